The molecule has 2 aromatic carbocycles. The van der Waals surface area contributed by atoms with Crippen LogP contribution in [0.5, 0.6) is 5.75 Å². The third kappa shape index (κ3) is 6.34. The summed E-state index contributed by atoms with van der Waals surface area (Å²) in [5, 5.41) is 3.28. The Morgan fingerprint density at radius 3 is 2.38 bits per heavy atom. The van der Waals surface area contributed by atoms with E-state index in [0.29, 0.717) is 19.1 Å². The summed E-state index contributed by atoms with van der Waals surface area (Å²) in [5.74, 6) is 1.76. The van der Waals surface area contributed by atoms with Gasteiger partial charge in [-0.3, -0.25) is 4.99 Å². The lowest BCUT2D eigenvalue weighted by Gasteiger charge is -2.18. The zero-order valence-corrected chi connectivity index (χ0v) is 18.3. The number of hydrogen-bond donors (Lipinski definition) is 1. The molecule has 0 aliphatic carbocycles. The van der Waals surface area contributed by atoms with Crippen LogP contribution in [0, 0.1) is 0 Å². The number of nitrogens with one attached hydrogen (secondary N) is 1. The monoisotopic (exact) mass is 410 g/mol. The third-order valence-electron chi connectivity index (χ3n) is 5.04. The lowest BCUT2D eigenvalue weighted by atomic mass is 10.0. The van der Waals surface area contributed by atoms with Crippen LogP contribution < -0.4 is 10.1 Å². The Bertz CT molecular complexity index is 814. The van der Waals surface area contributed by atoms with Gasteiger partial charge in [-0.25, -0.2) is 4.99 Å². The van der Waals surface area contributed by atoms with Crippen LogP contribution >= 0.6 is 11.8 Å². The molecule has 0 radical (unpaired) electrons. The quantitative estimate of drug-likeness (QED) is 0.605. The zero-order chi connectivity index (χ0) is 20.5. The Morgan fingerprint density at radius 2 is 1.79 bits per heavy atom. The van der Waals surface area contributed by atoms with Crippen molar-refractivity contribution in [1.29, 1.82) is 0 Å². The van der Waals surface area contributed by atoms with Crippen LogP contribution in [0.1, 0.15) is 25.3 Å². The fourth-order valence-electron chi connectivity index (χ4n) is 3.14. The van der Waals surface area contributed by atoms with Gasteiger partial charge in [-0.1, -0.05) is 26.0 Å². The smallest absolute Gasteiger partial charge is 0.222 e. The predicted octanol–water partition coefficient (Wildman–Crippen LogP) is 4.77. The molecule has 154 valence electrons. The van der Waals surface area contributed by atoms with Crippen LogP contribution in [0.2, 0.25) is 0 Å². The molecule has 0 spiro atoms. The van der Waals surface area contributed by atoms with Crippen molar-refractivity contribution in [3.8, 4) is 5.75 Å². The molecule has 0 fully saturated rings. The van der Waals surface area contributed by atoms with Crippen LogP contribution in [-0.4, -0.2) is 56.1 Å². The first kappa shape index (κ1) is 21.4. The molecule has 1 aliphatic heterocycles. The van der Waals surface area contributed by atoms with E-state index in [1.54, 1.807) is 11.8 Å². The summed E-state index contributed by atoms with van der Waals surface area (Å²) >= 11 is 1.75. The van der Waals surface area contributed by atoms with Gasteiger partial charge in [0, 0.05) is 29.3 Å². The average molecular weight is 411 g/mol. The number of guanidine groups is 1. The van der Waals surface area contributed by atoms with E-state index in [-0.39, 0.29) is 5.92 Å². The summed E-state index contributed by atoms with van der Waals surface area (Å²) in [7, 11) is 0. The molecular formula is C23H30N4OS. The molecule has 0 aromatic heterocycles. The largest absolute Gasteiger partial charge is 0.492 e. The maximum Gasteiger partial charge on any atom is 0.222 e. The Labute approximate surface area is 178 Å². The van der Waals surface area contributed by atoms with E-state index in [4.69, 9.17) is 4.74 Å². The Hall–Kier alpha value is -2.31. The summed E-state index contributed by atoms with van der Waals surface area (Å²) in [6.07, 6.45) is 4.07. The number of hydrogen-bond acceptors (Lipinski definition) is 6. The van der Waals surface area contributed by atoms with Crippen molar-refractivity contribution >= 4 is 29.6 Å². The first-order chi connectivity index (χ1) is 14.2. The van der Waals surface area contributed by atoms with Crippen molar-refractivity contribution < 1.29 is 4.74 Å². The van der Waals surface area contributed by atoms with Crippen LogP contribution in [-0.2, 0) is 0 Å². The average Bonchev–Trinajstić information content (AvgIpc) is 2.78. The topological polar surface area (TPSA) is 49.2 Å². The Morgan fingerprint density at radius 1 is 1.07 bits per heavy atom. The van der Waals surface area contributed by atoms with E-state index in [1.807, 2.05) is 30.5 Å². The van der Waals surface area contributed by atoms with Gasteiger partial charge in [-0.2, -0.15) is 0 Å². The molecule has 1 aliphatic rings. The number of benzene rings is 2. The highest BCUT2D eigenvalue weighted by atomic mass is 32.2. The van der Waals surface area contributed by atoms with Crippen LogP contribution in [0.3, 0.4) is 0 Å². The molecule has 29 heavy (non-hydrogen) atoms. The minimum atomic E-state index is 0.234. The third-order valence-corrected chi connectivity index (χ3v) is 5.78. The van der Waals surface area contributed by atoms with E-state index >= 15 is 0 Å². The summed E-state index contributed by atoms with van der Waals surface area (Å²) in [6, 6.07) is 16.6. The number of aliphatic imine (C=N–C) groups is 2. The molecule has 1 atom stereocenters. The number of rotatable bonds is 9. The van der Waals surface area contributed by atoms with Gasteiger partial charge < -0.3 is 15.0 Å². The van der Waals surface area contributed by atoms with E-state index in [2.05, 4.69) is 64.6 Å². The lowest BCUT2D eigenvalue weighted by molar-refractivity contribution is 0.223. The fourth-order valence-corrected chi connectivity index (χ4v) is 3.55. The summed E-state index contributed by atoms with van der Waals surface area (Å²) in [4.78, 5) is 12.7. The number of thioether (sulfide) groups is 1. The van der Waals surface area contributed by atoms with E-state index in [1.165, 1.54) is 10.5 Å². The minimum Gasteiger partial charge on any atom is -0.492 e. The molecule has 6 heteroatoms. The lowest BCUT2D eigenvalue weighted by Crippen LogP contribution is -2.27. The van der Waals surface area contributed by atoms with Gasteiger partial charge >= 0.3 is 0 Å². The standard InChI is InChI=1S/C23H30N4OS/c1-4-27(5-2)14-15-28-21-10-8-20(9-11-21)26-23-24-16-19(17-25-23)18-6-12-22(29-3)13-7-18/h6-13,16,19H,4-5,14-15,17H2,1-3H3,(H,25,26). The zero-order valence-electron chi connectivity index (χ0n) is 17.5. The molecule has 1 heterocycles. The van der Waals surface area contributed by atoms with Crippen molar-refractivity contribution in [2.75, 3.05) is 44.4 Å². The van der Waals surface area contributed by atoms with Gasteiger partial charge in [0.05, 0.1) is 6.54 Å². The van der Waals surface area contributed by atoms with Crippen LogP contribution in [0.4, 0.5) is 5.69 Å². The van der Waals surface area contributed by atoms with Crippen molar-refractivity contribution in [2.24, 2.45) is 9.98 Å². The molecule has 0 amide bonds. The highest BCUT2D eigenvalue weighted by Crippen LogP contribution is 2.22. The summed E-state index contributed by atoms with van der Waals surface area (Å²) in [6.45, 7) is 8.79. The van der Waals surface area contributed by atoms with Crippen molar-refractivity contribution in [1.82, 2.24) is 4.90 Å². The first-order valence-corrected chi connectivity index (χ1v) is 11.4. The molecule has 1 N–H and O–H groups in total. The van der Waals surface area contributed by atoms with Gasteiger partial charge in [0.15, 0.2) is 0 Å². The highest BCUT2D eigenvalue weighted by molar-refractivity contribution is 7.98. The van der Waals surface area contributed by atoms with E-state index in [9.17, 15) is 0 Å². The van der Waals surface area contributed by atoms with Crippen molar-refractivity contribution in [2.45, 2.75) is 24.7 Å². The highest BCUT2D eigenvalue weighted by Gasteiger charge is 2.13. The van der Waals surface area contributed by atoms with Crippen molar-refractivity contribution in [3.63, 3.8) is 0 Å². The van der Waals surface area contributed by atoms with Gasteiger partial charge in [0.1, 0.15) is 12.4 Å². The molecule has 0 saturated carbocycles. The predicted molar refractivity (Wildman–Crippen MR) is 125 cm³/mol. The molecule has 1 unspecified atom stereocenters. The van der Waals surface area contributed by atoms with Crippen LogP contribution in [0.25, 0.3) is 0 Å². The maximum absolute atomic E-state index is 5.83. The van der Waals surface area contributed by atoms with Gasteiger partial charge in [0.2, 0.25) is 5.96 Å². The van der Waals surface area contributed by atoms with E-state index < -0.39 is 0 Å². The molecule has 5 nitrogen and oxygen atoms in total. The first-order valence-electron chi connectivity index (χ1n) is 10.2. The molecule has 2 aromatic rings. The minimum absolute atomic E-state index is 0.234. The second-order valence-electron chi connectivity index (χ2n) is 6.85. The van der Waals surface area contributed by atoms with Crippen LogP contribution in [0.15, 0.2) is 63.4 Å². The second-order valence-corrected chi connectivity index (χ2v) is 7.73. The van der Waals surface area contributed by atoms with Gasteiger partial charge in [-0.05, 0) is 61.3 Å². The number of nitrogens with zero attached hydrogens (tertiary/aromatic N) is 3. The normalized spacial score (nSPS) is 16.0. The van der Waals surface area contributed by atoms with Gasteiger partial charge in [-0.15, -0.1) is 11.8 Å². The number of ether oxygens (including phenoxy) is 1. The fraction of sp³-hybridized carbons (Fsp3) is 0.391. The van der Waals surface area contributed by atoms with Gasteiger partial charge in [0.25, 0.3) is 0 Å². The second kappa shape index (κ2) is 11.0. The summed E-state index contributed by atoms with van der Waals surface area (Å²) in [5.41, 5.74) is 2.21. The van der Waals surface area contributed by atoms with Crippen molar-refractivity contribution in [3.05, 3.63) is 54.1 Å². The number of anilines is 1. The Balaban J connectivity index is 1.48. The SMILES string of the molecule is CCN(CC)CCOc1ccc(NC2=NCC(c3ccc(SC)cc3)C=N2)cc1. The van der Waals surface area contributed by atoms with E-state index in [0.717, 1.165) is 31.1 Å². The maximum atomic E-state index is 5.83. The molecular weight excluding hydrogens is 380 g/mol. The Kier molecular flexibility index (Phi) is 8.14. The molecule has 0 saturated heterocycles. The molecule has 3 rings (SSSR count). The molecule has 0 bridgehead atoms. The number of likely N-dealkylation sites (N-methyl/N-ethyl adjacent to an activating group) is 1. The summed E-state index contributed by atoms with van der Waals surface area (Å²) < 4.78 is 5.83.